The van der Waals surface area contributed by atoms with E-state index >= 15 is 0 Å². The van der Waals surface area contributed by atoms with Crippen LogP contribution in [0.15, 0.2) is 71.5 Å². The Hall–Kier alpha value is -2.98. The Bertz CT molecular complexity index is 992. The maximum Gasteiger partial charge on any atom is 0.197 e. The first kappa shape index (κ1) is 20.3. The fourth-order valence-electron chi connectivity index (χ4n) is 2.74. The first-order valence-electron chi connectivity index (χ1n) is 9.11. The molecule has 30 heavy (non-hydrogen) atoms. The average molecular weight is 441 g/mol. The van der Waals surface area contributed by atoms with Crippen LogP contribution >= 0.6 is 21.6 Å². The molecule has 2 aromatic heterocycles. The van der Waals surface area contributed by atoms with E-state index in [1.54, 1.807) is 26.9 Å². The summed E-state index contributed by atoms with van der Waals surface area (Å²) in [7, 11) is 6.33. The van der Waals surface area contributed by atoms with Crippen LogP contribution in [0.3, 0.4) is 0 Å². The highest BCUT2D eigenvalue weighted by atomic mass is 33.1. The van der Waals surface area contributed by atoms with Crippen molar-refractivity contribution in [3.05, 3.63) is 72.3 Å². The van der Waals surface area contributed by atoms with Gasteiger partial charge in [0.1, 0.15) is 24.2 Å². The van der Waals surface area contributed by atoms with E-state index in [1.165, 1.54) is 21.6 Å². The van der Waals surface area contributed by atoms with Gasteiger partial charge in [-0.2, -0.15) is 10.2 Å². The summed E-state index contributed by atoms with van der Waals surface area (Å²) in [5.41, 5.74) is 2.24. The molecule has 0 bridgehead atoms. The molecule has 0 unspecified atom stereocenters. The van der Waals surface area contributed by atoms with Gasteiger partial charge in [0.2, 0.25) is 0 Å². The topological polar surface area (TPSA) is 79.9 Å². The molecule has 4 aromatic rings. The second kappa shape index (κ2) is 9.68. The molecule has 0 aliphatic carbocycles. The Morgan fingerprint density at radius 3 is 1.43 bits per heavy atom. The molecule has 0 saturated carbocycles. The van der Waals surface area contributed by atoms with Crippen molar-refractivity contribution < 1.29 is 9.47 Å². The molecule has 0 saturated heterocycles. The third-order valence-corrected chi connectivity index (χ3v) is 6.49. The van der Waals surface area contributed by atoms with E-state index in [4.69, 9.17) is 9.47 Å². The van der Waals surface area contributed by atoms with Gasteiger partial charge in [-0.25, -0.2) is 19.3 Å². The van der Waals surface area contributed by atoms with Crippen LogP contribution in [0.5, 0.6) is 11.5 Å². The van der Waals surface area contributed by atoms with Crippen LogP contribution in [-0.2, 0) is 13.1 Å². The summed E-state index contributed by atoms with van der Waals surface area (Å²) >= 11 is 0. The molecule has 0 aliphatic rings. The zero-order chi connectivity index (χ0) is 20.8. The lowest BCUT2D eigenvalue weighted by Gasteiger charge is -2.08. The number of methoxy groups -OCH3 is 2. The highest BCUT2D eigenvalue weighted by molar-refractivity contribution is 8.76. The number of benzene rings is 2. The number of rotatable bonds is 9. The maximum absolute atomic E-state index is 5.21. The number of hydrogen-bond donors (Lipinski definition) is 0. The van der Waals surface area contributed by atoms with Crippen LogP contribution in [0.4, 0.5) is 0 Å². The van der Waals surface area contributed by atoms with Crippen molar-refractivity contribution in [3.63, 3.8) is 0 Å². The predicted octanol–water partition coefficient (Wildman–Crippen LogP) is 3.78. The molecule has 0 aliphatic heterocycles. The third-order valence-electron chi connectivity index (χ3n) is 4.33. The molecule has 0 spiro atoms. The van der Waals surface area contributed by atoms with Crippen molar-refractivity contribution in [1.29, 1.82) is 0 Å². The highest BCUT2D eigenvalue weighted by Gasteiger charge is 2.12. The number of hydrogen-bond acceptors (Lipinski definition) is 8. The van der Waals surface area contributed by atoms with Crippen LogP contribution in [0, 0.1) is 0 Å². The van der Waals surface area contributed by atoms with Crippen LogP contribution in [-0.4, -0.2) is 43.7 Å². The Kier molecular flexibility index (Phi) is 6.55. The predicted molar refractivity (Wildman–Crippen MR) is 116 cm³/mol. The molecule has 2 aromatic carbocycles. The van der Waals surface area contributed by atoms with Gasteiger partial charge in [0, 0.05) is 0 Å². The third kappa shape index (κ3) is 4.95. The summed E-state index contributed by atoms with van der Waals surface area (Å²) in [5, 5.41) is 10.3. The summed E-state index contributed by atoms with van der Waals surface area (Å²) in [4.78, 5) is 8.75. The Balaban J connectivity index is 1.40. The van der Waals surface area contributed by atoms with E-state index < -0.39 is 0 Å². The van der Waals surface area contributed by atoms with Gasteiger partial charge in [-0.1, -0.05) is 24.3 Å². The van der Waals surface area contributed by atoms with Gasteiger partial charge < -0.3 is 9.47 Å². The summed E-state index contributed by atoms with van der Waals surface area (Å²) in [5.74, 6) is 1.66. The molecule has 154 valence electrons. The first-order valence-corrected chi connectivity index (χ1v) is 11.3. The molecule has 4 rings (SSSR count). The fraction of sp³-hybridized carbons (Fsp3) is 0.200. The Morgan fingerprint density at radius 2 is 1.07 bits per heavy atom. The highest BCUT2D eigenvalue weighted by Crippen LogP contribution is 2.35. The minimum atomic E-state index is 0.630. The van der Waals surface area contributed by atoms with Gasteiger partial charge in [-0.3, -0.25) is 0 Å². The van der Waals surface area contributed by atoms with Crippen molar-refractivity contribution in [1.82, 2.24) is 29.5 Å². The van der Waals surface area contributed by atoms with Crippen LogP contribution in [0.25, 0.3) is 0 Å². The van der Waals surface area contributed by atoms with E-state index in [1.807, 2.05) is 57.9 Å². The van der Waals surface area contributed by atoms with Crippen molar-refractivity contribution in [3.8, 4) is 11.5 Å². The van der Waals surface area contributed by atoms with E-state index in [-0.39, 0.29) is 0 Å². The molecule has 0 amide bonds. The summed E-state index contributed by atoms with van der Waals surface area (Å²) in [6.45, 7) is 1.26. The van der Waals surface area contributed by atoms with Gasteiger partial charge in [0.15, 0.2) is 10.3 Å². The lowest BCUT2D eigenvalue weighted by atomic mass is 10.2. The molecule has 0 N–H and O–H groups in total. The van der Waals surface area contributed by atoms with Crippen molar-refractivity contribution >= 4 is 21.6 Å². The van der Waals surface area contributed by atoms with E-state index in [0.29, 0.717) is 13.1 Å². The minimum absolute atomic E-state index is 0.630. The molecule has 0 fully saturated rings. The second-order valence-electron chi connectivity index (χ2n) is 6.26. The number of nitrogens with zero attached hydrogens (tertiary/aromatic N) is 6. The van der Waals surface area contributed by atoms with E-state index in [2.05, 4.69) is 20.2 Å². The van der Waals surface area contributed by atoms with E-state index in [0.717, 1.165) is 32.9 Å². The zero-order valence-electron chi connectivity index (χ0n) is 16.5. The quantitative estimate of drug-likeness (QED) is 0.364. The largest absolute Gasteiger partial charge is 0.497 e. The van der Waals surface area contributed by atoms with Gasteiger partial charge in [0.25, 0.3) is 0 Å². The SMILES string of the molecule is COc1ccc(Cn2ncnc2SSc2ncnn2Cc2ccc(OC)cc2)cc1. The molecule has 0 atom stereocenters. The lowest BCUT2D eigenvalue weighted by Crippen LogP contribution is -2.04. The zero-order valence-corrected chi connectivity index (χ0v) is 18.1. The summed E-state index contributed by atoms with van der Waals surface area (Å²) in [6.07, 6.45) is 3.13. The smallest absolute Gasteiger partial charge is 0.197 e. The van der Waals surface area contributed by atoms with Crippen LogP contribution in [0.2, 0.25) is 0 Å². The van der Waals surface area contributed by atoms with Crippen LogP contribution in [0.1, 0.15) is 11.1 Å². The minimum Gasteiger partial charge on any atom is -0.497 e. The van der Waals surface area contributed by atoms with E-state index in [9.17, 15) is 0 Å². The second-order valence-corrected chi connectivity index (χ2v) is 8.33. The maximum atomic E-state index is 5.21. The van der Waals surface area contributed by atoms with Crippen molar-refractivity contribution in [2.75, 3.05) is 14.2 Å². The Morgan fingerprint density at radius 1 is 0.667 bits per heavy atom. The lowest BCUT2D eigenvalue weighted by molar-refractivity contribution is 0.414. The van der Waals surface area contributed by atoms with Crippen LogP contribution < -0.4 is 9.47 Å². The molecule has 8 nitrogen and oxygen atoms in total. The standard InChI is InChI=1S/C20H20N6O2S2/c1-27-17-7-3-15(4-8-17)11-25-19(21-13-23-25)29-30-20-22-14-24-26(20)12-16-5-9-18(28-2)10-6-16/h3-10,13-14H,11-12H2,1-2H3. The summed E-state index contributed by atoms with van der Waals surface area (Å²) in [6, 6.07) is 15.8. The molecule has 10 heteroatoms. The average Bonchev–Trinajstić information content (AvgIpc) is 3.42. The molecule has 2 heterocycles. The fourth-order valence-corrected chi connectivity index (χ4v) is 4.68. The Labute approximate surface area is 182 Å². The normalized spacial score (nSPS) is 10.9. The van der Waals surface area contributed by atoms with Gasteiger partial charge >= 0.3 is 0 Å². The monoisotopic (exact) mass is 440 g/mol. The number of ether oxygens (including phenoxy) is 2. The molecular weight excluding hydrogens is 420 g/mol. The first-order chi connectivity index (χ1) is 14.7. The van der Waals surface area contributed by atoms with Gasteiger partial charge in [-0.05, 0) is 57.0 Å². The van der Waals surface area contributed by atoms with Gasteiger partial charge in [0.05, 0.1) is 27.3 Å². The molecule has 0 radical (unpaired) electrons. The van der Waals surface area contributed by atoms with Crippen molar-refractivity contribution in [2.45, 2.75) is 23.4 Å². The van der Waals surface area contributed by atoms with Crippen molar-refractivity contribution in [2.24, 2.45) is 0 Å². The molecular formula is C20H20N6O2S2. The number of aromatic nitrogens is 6. The summed E-state index contributed by atoms with van der Waals surface area (Å²) < 4.78 is 14.1. The van der Waals surface area contributed by atoms with Gasteiger partial charge in [-0.15, -0.1) is 0 Å².